The Balaban J connectivity index is 1.42. The Morgan fingerprint density at radius 2 is 1.62 bits per heavy atom. The predicted molar refractivity (Wildman–Crippen MR) is 109 cm³/mol. The van der Waals surface area contributed by atoms with E-state index in [-0.39, 0.29) is 5.82 Å². The first-order chi connectivity index (χ1) is 12.7. The fourth-order valence-corrected chi connectivity index (χ4v) is 5.76. The zero-order valence-electron chi connectivity index (χ0n) is 16.2. The lowest BCUT2D eigenvalue weighted by Gasteiger charge is -2.42. The normalized spacial score (nSPS) is 28.8. The molecule has 0 aromatic heterocycles. The van der Waals surface area contributed by atoms with Crippen LogP contribution in [0.1, 0.15) is 82.6 Å². The van der Waals surface area contributed by atoms with Crippen molar-refractivity contribution in [3.63, 3.8) is 0 Å². The number of halogens is 1. The Morgan fingerprint density at radius 1 is 0.885 bits per heavy atom. The average Bonchev–Trinajstić information content (AvgIpc) is 2.67. The molecule has 1 heteroatoms. The van der Waals surface area contributed by atoms with E-state index in [1.165, 1.54) is 69.6 Å². The summed E-state index contributed by atoms with van der Waals surface area (Å²) in [6, 6.07) is 12.1. The number of rotatable bonds is 5. The summed E-state index contributed by atoms with van der Waals surface area (Å²) in [6.07, 6.45) is 13.5. The van der Waals surface area contributed by atoms with Crippen LogP contribution in [0.3, 0.4) is 0 Å². The molecule has 0 saturated heterocycles. The fourth-order valence-electron chi connectivity index (χ4n) is 5.76. The fraction of sp³-hybridized carbons (Fsp3) is 0.600. The van der Waals surface area contributed by atoms with Crippen molar-refractivity contribution in [1.82, 2.24) is 0 Å². The van der Waals surface area contributed by atoms with Gasteiger partial charge in [-0.3, -0.25) is 0 Å². The van der Waals surface area contributed by atoms with Gasteiger partial charge in [-0.25, -0.2) is 4.39 Å². The van der Waals surface area contributed by atoms with Crippen molar-refractivity contribution in [2.75, 3.05) is 0 Å². The Bertz CT molecular complexity index is 734. The molecule has 0 N–H and O–H groups in total. The molecule has 4 atom stereocenters. The van der Waals surface area contributed by atoms with Gasteiger partial charge in [-0.1, -0.05) is 63.3 Å². The number of fused-ring (bicyclic) bond motifs is 2. The monoisotopic (exact) mass is 352 g/mol. The second-order valence-electron chi connectivity index (χ2n) is 8.93. The first-order valence-corrected chi connectivity index (χ1v) is 10.9. The molecular weight excluding hydrogens is 319 g/mol. The van der Waals surface area contributed by atoms with Crippen LogP contribution in [0.5, 0.6) is 0 Å². The van der Waals surface area contributed by atoms with Crippen LogP contribution < -0.4 is 0 Å². The maximum absolute atomic E-state index is 14.8. The topological polar surface area (TPSA) is 0 Å². The lowest BCUT2D eigenvalue weighted by atomic mass is 9.63. The summed E-state index contributed by atoms with van der Waals surface area (Å²) in [5.74, 6) is 3.16. The predicted octanol–water partition coefficient (Wildman–Crippen LogP) is 7.86. The summed E-state index contributed by atoms with van der Waals surface area (Å²) in [7, 11) is 0. The molecule has 140 valence electrons. The van der Waals surface area contributed by atoms with Gasteiger partial charge < -0.3 is 0 Å². The van der Waals surface area contributed by atoms with Gasteiger partial charge in [0.2, 0.25) is 0 Å². The van der Waals surface area contributed by atoms with E-state index in [1.807, 2.05) is 12.1 Å². The molecule has 2 saturated carbocycles. The van der Waals surface area contributed by atoms with E-state index in [1.54, 1.807) is 6.07 Å². The lowest BCUT2D eigenvalue weighted by molar-refractivity contribution is 0.112. The third-order valence-corrected chi connectivity index (χ3v) is 7.24. The van der Waals surface area contributed by atoms with E-state index in [4.69, 9.17) is 0 Å². The summed E-state index contributed by atoms with van der Waals surface area (Å²) in [4.78, 5) is 0. The molecule has 2 fully saturated rings. The molecule has 2 aliphatic carbocycles. The van der Waals surface area contributed by atoms with Gasteiger partial charge in [0, 0.05) is 0 Å². The van der Waals surface area contributed by atoms with E-state index >= 15 is 0 Å². The van der Waals surface area contributed by atoms with Gasteiger partial charge in [0.05, 0.1) is 0 Å². The molecule has 4 unspecified atom stereocenters. The van der Waals surface area contributed by atoms with Gasteiger partial charge in [0.1, 0.15) is 5.82 Å². The van der Waals surface area contributed by atoms with Crippen molar-refractivity contribution >= 4 is 10.8 Å². The number of hydrogen-bond acceptors (Lipinski definition) is 0. The van der Waals surface area contributed by atoms with Crippen LogP contribution in [0.25, 0.3) is 10.8 Å². The summed E-state index contributed by atoms with van der Waals surface area (Å²) in [5.41, 5.74) is 0.979. The minimum absolute atomic E-state index is 0.0143. The van der Waals surface area contributed by atoms with E-state index in [9.17, 15) is 4.39 Å². The van der Waals surface area contributed by atoms with Crippen LogP contribution in [-0.2, 0) is 0 Å². The van der Waals surface area contributed by atoms with Crippen molar-refractivity contribution in [3.05, 3.63) is 47.8 Å². The highest BCUT2D eigenvalue weighted by atomic mass is 19.1. The molecule has 0 nitrogen and oxygen atoms in total. The van der Waals surface area contributed by atoms with Crippen LogP contribution in [0.2, 0.25) is 0 Å². The summed E-state index contributed by atoms with van der Waals surface area (Å²) < 4.78 is 14.8. The van der Waals surface area contributed by atoms with Crippen LogP contribution in [0.15, 0.2) is 36.4 Å². The first kappa shape index (κ1) is 18.0. The van der Waals surface area contributed by atoms with Gasteiger partial charge in [-0.15, -0.1) is 0 Å². The molecule has 4 rings (SSSR count). The molecule has 2 aliphatic rings. The Kier molecular flexibility index (Phi) is 5.62. The molecule has 26 heavy (non-hydrogen) atoms. The Morgan fingerprint density at radius 3 is 2.42 bits per heavy atom. The van der Waals surface area contributed by atoms with Gasteiger partial charge in [-0.2, -0.15) is 0 Å². The number of unbranched alkanes of at least 4 members (excludes halogenated alkanes) is 2. The summed E-state index contributed by atoms with van der Waals surface area (Å²) >= 11 is 0. The third kappa shape index (κ3) is 3.82. The van der Waals surface area contributed by atoms with Crippen molar-refractivity contribution in [1.29, 1.82) is 0 Å². The average molecular weight is 353 g/mol. The highest BCUT2D eigenvalue weighted by molar-refractivity contribution is 5.83. The van der Waals surface area contributed by atoms with Crippen molar-refractivity contribution in [2.45, 2.75) is 77.0 Å². The second-order valence-corrected chi connectivity index (χ2v) is 8.93. The minimum atomic E-state index is 0.0143. The third-order valence-electron chi connectivity index (χ3n) is 7.24. The quantitative estimate of drug-likeness (QED) is 0.480. The van der Waals surface area contributed by atoms with E-state index in [0.29, 0.717) is 5.92 Å². The minimum Gasteiger partial charge on any atom is -0.207 e. The van der Waals surface area contributed by atoms with Gasteiger partial charge in [-0.05, 0) is 84.2 Å². The molecule has 0 radical (unpaired) electrons. The molecule has 2 aromatic carbocycles. The molecule has 0 spiro atoms. The van der Waals surface area contributed by atoms with Crippen LogP contribution in [0.4, 0.5) is 4.39 Å². The van der Waals surface area contributed by atoms with Gasteiger partial charge in [0.15, 0.2) is 0 Å². The van der Waals surface area contributed by atoms with Crippen molar-refractivity contribution in [3.8, 4) is 0 Å². The van der Waals surface area contributed by atoms with Crippen LogP contribution in [-0.4, -0.2) is 0 Å². The smallest absolute Gasteiger partial charge is 0.127 e. The van der Waals surface area contributed by atoms with E-state index in [2.05, 4.69) is 25.1 Å². The van der Waals surface area contributed by atoms with Gasteiger partial charge in [0.25, 0.3) is 0 Å². The molecule has 0 bridgehead atoms. The Hall–Kier alpha value is -1.37. The zero-order valence-corrected chi connectivity index (χ0v) is 16.2. The zero-order chi connectivity index (χ0) is 17.9. The maximum Gasteiger partial charge on any atom is 0.127 e. The standard InChI is InChI=1S/C25H33F/c1-2-3-4-7-18-10-11-22-15-23(13-12-21(22)14-18)24-16-19-8-5-6-9-20(19)17-25(24)26/h5-6,8-9,16-18,21-23H,2-4,7,10-15H2,1H3. The maximum atomic E-state index is 14.8. The summed E-state index contributed by atoms with van der Waals surface area (Å²) in [6.45, 7) is 2.30. The van der Waals surface area contributed by atoms with Gasteiger partial charge >= 0.3 is 0 Å². The van der Waals surface area contributed by atoms with Crippen molar-refractivity contribution in [2.24, 2.45) is 17.8 Å². The first-order valence-electron chi connectivity index (χ1n) is 10.9. The molecule has 2 aromatic rings. The SMILES string of the molecule is CCCCCC1CCC2CC(c3cc4ccccc4cc3F)CCC2C1. The lowest BCUT2D eigenvalue weighted by Crippen LogP contribution is -2.30. The van der Waals surface area contributed by atoms with Crippen molar-refractivity contribution < 1.29 is 4.39 Å². The molecule has 0 aliphatic heterocycles. The Labute approximate surface area is 158 Å². The molecule has 0 amide bonds. The van der Waals surface area contributed by atoms with Crippen LogP contribution in [0, 0.1) is 23.6 Å². The number of hydrogen-bond donors (Lipinski definition) is 0. The van der Waals surface area contributed by atoms with E-state index in [0.717, 1.165) is 28.7 Å². The summed E-state index contributed by atoms with van der Waals surface area (Å²) in [5, 5.41) is 2.21. The highest BCUT2D eigenvalue weighted by Gasteiger charge is 2.36. The highest BCUT2D eigenvalue weighted by Crippen LogP contribution is 2.49. The number of benzene rings is 2. The molecule has 0 heterocycles. The largest absolute Gasteiger partial charge is 0.207 e. The second kappa shape index (κ2) is 8.11. The molecular formula is C25H33F. The van der Waals surface area contributed by atoms with Crippen LogP contribution >= 0.6 is 0 Å². The van der Waals surface area contributed by atoms with E-state index < -0.39 is 0 Å².